The van der Waals surface area contributed by atoms with Gasteiger partial charge in [0.15, 0.2) is 28.0 Å². The molecule has 0 aliphatic carbocycles. The molecule has 1 atom stereocenters. The molecule has 2 aromatic heterocycles. The van der Waals surface area contributed by atoms with Gasteiger partial charge in [0.1, 0.15) is 5.75 Å². The maximum atomic E-state index is 13.9. The van der Waals surface area contributed by atoms with Crippen LogP contribution in [0.4, 0.5) is 5.13 Å². The summed E-state index contributed by atoms with van der Waals surface area (Å²) in [5.74, 6) is -2.01. The highest BCUT2D eigenvalue weighted by Gasteiger charge is 2.46. The first kappa shape index (κ1) is 24.3. The summed E-state index contributed by atoms with van der Waals surface area (Å²) in [7, 11) is 1.45. The van der Waals surface area contributed by atoms with Crippen LogP contribution in [0.25, 0.3) is 21.2 Å². The van der Waals surface area contributed by atoms with Crippen molar-refractivity contribution in [2.75, 3.05) is 12.0 Å². The highest BCUT2D eigenvalue weighted by Crippen LogP contribution is 2.45. The number of phenols is 1. The Bertz CT molecular complexity index is 1810. The predicted molar refractivity (Wildman–Crippen MR) is 145 cm³/mol. The molecule has 5 aromatic rings. The van der Waals surface area contributed by atoms with Gasteiger partial charge in [-0.15, -0.1) is 0 Å². The third-order valence-electron chi connectivity index (χ3n) is 6.20. The van der Waals surface area contributed by atoms with E-state index in [0.29, 0.717) is 37.8 Å². The van der Waals surface area contributed by atoms with Crippen molar-refractivity contribution in [1.29, 1.82) is 0 Å². The van der Waals surface area contributed by atoms with Crippen molar-refractivity contribution >= 4 is 72.5 Å². The quantitative estimate of drug-likeness (QED) is 0.224. The fourth-order valence-electron chi connectivity index (χ4n) is 4.48. The lowest BCUT2D eigenvalue weighted by molar-refractivity contribution is -0.117. The zero-order chi connectivity index (χ0) is 26.7. The van der Waals surface area contributed by atoms with Crippen LogP contribution in [0.15, 0.2) is 76.4 Å². The van der Waals surface area contributed by atoms with Crippen LogP contribution < -0.4 is 9.64 Å². The topological polar surface area (TPSA) is 113 Å². The number of halogens is 2. The van der Waals surface area contributed by atoms with Gasteiger partial charge < -0.3 is 19.4 Å². The molecule has 0 saturated carbocycles. The van der Waals surface area contributed by atoms with Crippen molar-refractivity contribution in [3.8, 4) is 11.5 Å². The molecule has 6 rings (SSSR count). The second-order valence-electron chi connectivity index (χ2n) is 8.51. The van der Waals surface area contributed by atoms with Crippen LogP contribution in [-0.2, 0) is 4.79 Å². The maximum Gasteiger partial charge on any atom is 0.296 e. The molecule has 0 spiro atoms. The van der Waals surface area contributed by atoms with Crippen LogP contribution in [0.1, 0.15) is 22.2 Å². The van der Waals surface area contributed by atoms with Crippen molar-refractivity contribution in [3.05, 3.63) is 93.4 Å². The first-order valence-corrected chi connectivity index (χ1v) is 12.8. The minimum Gasteiger partial charge on any atom is -0.508 e. The second-order valence-corrected chi connectivity index (χ2v) is 10.4. The Morgan fingerprint density at radius 3 is 2.55 bits per heavy atom. The van der Waals surface area contributed by atoms with Crippen LogP contribution in [0.2, 0.25) is 10.0 Å². The lowest BCUT2D eigenvalue weighted by Crippen LogP contribution is -2.30. The number of rotatable bonds is 5. The number of amides is 1. The van der Waals surface area contributed by atoms with Gasteiger partial charge in [0.2, 0.25) is 5.78 Å². The minimum atomic E-state index is -1.05. The summed E-state index contributed by atoms with van der Waals surface area (Å²) < 4.78 is 11.9. The SMILES string of the molecule is COc1cc(Cl)cc2cc(C(=O)C3=C(O)C(=O)N(c4nc5ccc(Cl)cc5s4)C3c3ccc(O)cc3)oc12. The number of nitrogens with zero attached hydrogens (tertiary/aromatic N) is 2. The van der Waals surface area contributed by atoms with E-state index in [9.17, 15) is 19.8 Å². The molecule has 38 heavy (non-hydrogen) atoms. The molecule has 2 N–H and O–H groups in total. The Morgan fingerprint density at radius 1 is 1.05 bits per heavy atom. The Hall–Kier alpha value is -4.05. The average molecular weight is 567 g/mol. The number of aromatic nitrogens is 1. The molecule has 1 aliphatic heterocycles. The molecular formula is C27H16Cl2N2O6S. The molecule has 0 bridgehead atoms. The van der Waals surface area contributed by atoms with Gasteiger partial charge in [-0.2, -0.15) is 0 Å². The lowest BCUT2D eigenvalue weighted by atomic mass is 9.95. The van der Waals surface area contributed by atoms with E-state index in [1.807, 2.05) is 0 Å². The third kappa shape index (κ3) is 3.87. The number of benzene rings is 3. The van der Waals surface area contributed by atoms with Crippen LogP contribution in [0.3, 0.4) is 0 Å². The van der Waals surface area contributed by atoms with E-state index in [1.54, 1.807) is 42.5 Å². The first-order chi connectivity index (χ1) is 18.2. The van der Waals surface area contributed by atoms with Gasteiger partial charge in [0.05, 0.1) is 28.9 Å². The first-order valence-electron chi connectivity index (χ1n) is 11.2. The number of thiazole rings is 1. The summed E-state index contributed by atoms with van der Waals surface area (Å²) in [6.45, 7) is 0. The molecule has 1 aliphatic rings. The number of aliphatic hydroxyl groups excluding tert-OH is 1. The molecule has 11 heteroatoms. The van der Waals surface area contributed by atoms with Gasteiger partial charge in [0.25, 0.3) is 5.91 Å². The number of Topliss-reactive ketones (excluding diaryl/α,β-unsaturated/α-hetero) is 1. The molecule has 0 saturated heterocycles. The molecule has 0 fully saturated rings. The number of anilines is 1. The Balaban J connectivity index is 1.51. The number of fused-ring (bicyclic) bond motifs is 2. The Kier molecular flexibility index (Phi) is 5.79. The summed E-state index contributed by atoms with van der Waals surface area (Å²) in [4.78, 5) is 33.1. The van der Waals surface area contributed by atoms with Gasteiger partial charge in [-0.25, -0.2) is 4.98 Å². The highest BCUT2D eigenvalue weighted by atomic mass is 35.5. The number of furan rings is 1. The van der Waals surface area contributed by atoms with Crippen LogP contribution in [-0.4, -0.2) is 34.0 Å². The molecule has 1 amide bonds. The summed E-state index contributed by atoms with van der Waals surface area (Å²) in [5, 5.41) is 22.5. The van der Waals surface area contributed by atoms with E-state index in [4.69, 9.17) is 32.4 Å². The monoisotopic (exact) mass is 566 g/mol. The van der Waals surface area contributed by atoms with E-state index in [-0.39, 0.29) is 22.2 Å². The number of hydrogen-bond donors (Lipinski definition) is 2. The highest BCUT2D eigenvalue weighted by molar-refractivity contribution is 7.22. The zero-order valence-corrected chi connectivity index (χ0v) is 21.8. The van der Waals surface area contributed by atoms with Crippen molar-refractivity contribution < 1.29 is 29.0 Å². The zero-order valence-electron chi connectivity index (χ0n) is 19.4. The molecule has 3 aromatic carbocycles. The summed E-state index contributed by atoms with van der Waals surface area (Å²) in [5.41, 5.74) is 1.18. The fourth-order valence-corrected chi connectivity index (χ4v) is 5.96. The number of phenolic OH excluding ortho intramolecular Hbond substituents is 1. The third-order valence-corrected chi connectivity index (χ3v) is 7.67. The fraction of sp³-hybridized carbons (Fsp3) is 0.0741. The van der Waals surface area contributed by atoms with Gasteiger partial charge in [0, 0.05) is 21.5 Å². The number of carbonyl (C=O) groups excluding carboxylic acids is 2. The van der Waals surface area contributed by atoms with Gasteiger partial charge in [-0.3, -0.25) is 14.5 Å². The summed E-state index contributed by atoms with van der Waals surface area (Å²) in [6.07, 6.45) is 0. The lowest BCUT2D eigenvalue weighted by Gasteiger charge is -2.24. The van der Waals surface area contributed by atoms with E-state index >= 15 is 0 Å². The van der Waals surface area contributed by atoms with E-state index < -0.39 is 23.5 Å². The molecular weight excluding hydrogens is 551 g/mol. The van der Waals surface area contributed by atoms with Crippen molar-refractivity contribution in [2.45, 2.75) is 6.04 Å². The number of hydrogen-bond acceptors (Lipinski definition) is 8. The molecule has 190 valence electrons. The van der Waals surface area contributed by atoms with E-state index in [1.165, 1.54) is 41.5 Å². The maximum absolute atomic E-state index is 13.9. The molecule has 8 nitrogen and oxygen atoms in total. The largest absolute Gasteiger partial charge is 0.508 e. The molecule has 3 heterocycles. The smallest absolute Gasteiger partial charge is 0.296 e. The van der Waals surface area contributed by atoms with Crippen LogP contribution in [0, 0.1) is 0 Å². The summed E-state index contributed by atoms with van der Waals surface area (Å²) >= 11 is 13.5. The normalized spacial score (nSPS) is 15.7. The van der Waals surface area contributed by atoms with Crippen molar-refractivity contribution in [3.63, 3.8) is 0 Å². The standard InChI is InChI=1S/C27H16Cl2N2O6S/c1-36-19-10-15(29)8-13-9-18(37-25(13)19)23(33)21-22(12-2-5-16(32)6-3-12)31(26(35)24(21)34)27-30-17-7-4-14(28)11-20(17)38-27/h2-11,22,32,34H,1H3. The predicted octanol–water partition coefficient (Wildman–Crippen LogP) is 6.85. The Labute approximate surface area is 228 Å². The van der Waals surface area contributed by atoms with Crippen molar-refractivity contribution in [2.24, 2.45) is 0 Å². The van der Waals surface area contributed by atoms with Gasteiger partial charge in [-0.05, 0) is 48.0 Å². The molecule has 0 radical (unpaired) electrons. The Morgan fingerprint density at radius 2 is 1.82 bits per heavy atom. The number of aliphatic hydroxyl groups is 1. The summed E-state index contributed by atoms with van der Waals surface area (Å²) in [6, 6.07) is 14.7. The second kappa shape index (κ2) is 9.05. The van der Waals surface area contributed by atoms with Crippen LogP contribution >= 0.6 is 34.5 Å². The van der Waals surface area contributed by atoms with Crippen molar-refractivity contribution in [1.82, 2.24) is 4.98 Å². The number of methoxy groups -OCH3 is 1. The van der Waals surface area contributed by atoms with E-state index in [0.717, 1.165) is 4.70 Å². The van der Waals surface area contributed by atoms with Gasteiger partial charge >= 0.3 is 0 Å². The minimum absolute atomic E-state index is 0.00147. The van der Waals surface area contributed by atoms with E-state index in [2.05, 4.69) is 4.98 Å². The number of ether oxygens (including phenoxy) is 1. The average Bonchev–Trinajstić information content (AvgIpc) is 3.57. The van der Waals surface area contributed by atoms with Gasteiger partial charge in [-0.1, -0.05) is 46.7 Å². The number of carbonyl (C=O) groups is 2. The van der Waals surface area contributed by atoms with Crippen LogP contribution in [0.5, 0.6) is 11.5 Å². The number of aromatic hydroxyl groups is 1. The molecule has 1 unspecified atom stereocenters. The number of ketones is 1.